The van der Waals surface area contributed by atoms with Gasteiger partial charge < -0.3 is 10.2 Å². The predicted octanol–water partition coefficient (Wildman–Crippen LogP) is 3.66. The standard InChI is InChI=1S/C22H26N6O/c1-15-4-7-23-21(10-15)26-22-12-18(17-5-8-28(9-6-17)16(2)29)11-20(25-22)19-13-24-27(3)14-19/h4,7,10-14,17H,5-6,8-9H2,1-3H3,(H,23,25,26). The van der Waals surface area contributed by atoms with Gasteiger partial charge in [0.1, 0.15) is 11.6 Å². The number of carbonyl (C=O) groups excluding carboxylic acids is 1. The Morgan fingerprint density at radius 1 is 1.17 bits per heavy atom. The molecule has 0 unspecified atom stereocenters. The highest BCUT2D eigenvalue weighted by atomic mass is 16.2. The van der Waals surface area contributed by atoms with Crippen molar-refractivity contribution in [2.45, 2.75) is 32.6 Å². The third kappa shape index (κ3) is 4.45. The first-order valence-electron chi connectivity index (χ1n) is 9.94. The zero-order chi connectivity index (χ0) is 20.4. The first-order chi connectivity index (χ1) is 14.0. The maximum atomic E-state index is 11.7. The number of amides is 1. The largest absolute Gasteiger partial charge is 0.343 e. The number of rotatable bonds is 4. The Labute approximate surface area is 170 Å². The van der Waals surface area contributed by atoms with Gasteiger partial charge in [-0.3, -0.25) is 9.48 Å². The van der Waals surface area contributed by atoms with Crippen molar-refractivity contribution in [2.75, 3.05) is 18.4 Å². The summed E-state index contributed by atoms with van der Waals surface area (Å²) in [4.78, 5) is 22.8. The van der Waals surface area contributed by atoms with Crippen LogP contribution in [-0.2, 0) is 11.8 Å². The summed E-state index contributed by atoms with van der Waals surface area (Å²) in [6, 6.07) is 8.24. The summed E-state index contributed by atoms with van der Waals surface area (Å²) in [5.41, 5.74) is 4.25. The van der Waals surface area contributed by atoms with Crippen LogP contribution in [0.5, 0.6) is 0 Å². The number of likely N-dealkylation sites (tertiary alicyclic amines) is 1. The SMILES string of the molecule is CC(=O)N1CCC(c2cc(Nc3cc(C)ccn3)nc(-c3cnn(C)c3)c2)CC1. The molecule has 4 heterocycles. The number of hydrogen-bond acceptors (Lipinski definition) is 5. The molecule has 4 rings (SSSR count). The van der Waals surface area contributed by atoms with Crippen LogP contribution in [0.2, 0.25) is 0 Å². The summed E-state index contributed by atoms with van der Waals surface area (Å²) in [5.74, 6) is 2.10. The van der Waals surface area contributed by atoms with Gasteiger partial charge in [0.15, 0.2) is 0 Å². The predicted molar refractivity (Wildman–Crippen MR) is 113 cm³/mol. The maximum Gasteiger partial charge on any atom is 0.219 e. The van der Waals surface area contributed by atoms with Gasteiger partial charge in [-0.25, -0.2) is 9.97 Å². The summed E-state index contributed by atoms with van der Waals surface area (Å²) < 4.78 is 1.78. The average molecular weight is 390 g/mol. The lowest BCUT2D eigenvalue weighted by Gasteiger charge is -2.31. The molecule has 7 heteroatoms. The quantitative estimate of drug-likeness (QED) is 0.736. The van der Waals surface area contributed by atoms with Crippen molar-refractivity contribution in [3.63, 3.8) is 0 Å². The number of nitrogens with zero attached hydrogens (tertiary/aromatic N) is 5. The molecule has 0 aliphatic carbocycles. The molecule has 0 radical (unpaired) electrons. The molecule has 150 valence electrons. The molecule has 7 nitrogen and oxygen atoms in total. The van der Waals surface area contributed by atoms with E-state index >= 15 is 0 Å². The molecule has 29 heavy (non-hydrogen) atoms. The van der Waals surface area contributed by atoms with Crippen LogP contribution in [0.25, 0.3) is 11.3 Å². The van der Waals surface area contributed by atoms with Crippen molar-refractivity contribution in [2.24, 2.45) is 7.05 Å². The van der Waals surface area contributed by atoms with E-state index in [1.165, 1.54) is 5.56 Å². The molecular formula is C22H26N6O. The second-order valence-corrected chi connectivity index (χ2v) is 7.70. The van der Waals surface area contributed by atoms with E-state index in [4.69, 9.17) is 4.98 Å². The number of pyridine rings is 2. The van der Waals surface area contributed by atoms with Gasteiger partial charge in [-0.2, -0.15) is 5.10 Å². The molecule has 0 saturated carbocycles. The lowest BCUT2D eigenvalue weighted by Crippen LogP contribution is -2.36. The van der Waals surface area contributed by atoms with Crippen molar-refractivity contribution >= 4 is 17.5 Å². The second-order valence-electron chi connectivity index (χ2n) is 7.70. The van der Waals surface area contributed by atoms with Crippen LogP contribution < -0.4 is 5.32 Å². The van der Waals surface area contributed by atoms with E-state index in [2.05, 4.69) is 27.5 Å². The fourth-order valence-corrected chi connectivity index (χ4v) is 3.82. The summed E-state index contributed by atoms with van der Waals surface area (Å²) in [5, 5.41) is 7.64. The lowest BCUT2D eigenvalue weighted by molar-refractivity contribution is -0.129. The second kappa shape index (κ2) is 8.03. The number of piperidine rings is 1. The van der Waals surface area contributed by atoms with E-state index in [1.807, 2.05) is 43.4 Å². The Balaban J connectivity index is 1.66. The third-order valence-electron chi connectivity index (χ3n) is 5.43. The van der Waals surface area contributed by atoms with E-state index in [0.29, 0.717) is 5.92 Å². The zero-order valence-corrected chi connectivity index (χ0v) is 17.1. The molecule has 0 aromatic carbocycles. The van der Waals surface area contributed by atoms with Gasteiger partial charge in [-0.05, 0) is 61.1 Å². The first kappa shape index (κ1) is 19.1. The molecular weight excluding hydrogens is 364 g/mol. The Kier molecular flexibility index (Phi) is 5.29. The van der Waals surface area contributed by atoms with Crippen LogP contribution in [-0.4, -0.2) is 43.6 Å². The van der Waals surface area contributed by atoms with Gasteiger partial charge >= 0.3 is 0 Å². The normalized spacial score (nSPS) is 14.8. The zero-order valence-electron chi connectivity index (χ0n) is 17.1. The molecule has 0 atom stereocenters. The van der Waals surface area contributed by atoms with Crippen LogP contribution in [0, 0.1) is 6.92 Å². The number of aromatic nitrogens is 4. The lowest BCUT2D eigenvalue weighted by atomic mass is 9.89. The van der Waals surface area contributed by atoms with Gasteiger partial charge in [0.05, 0.1) is 11.9 Å². The summed E-state index contributed by atoms with van der Waals surface area (Å²) in [6.45, 7) is 5.28. The molecule has 1 aliphatic heterocycles. The molecule has 1 N–H and O–H groups in total. The fraction of sp³-hybridized carbons (Fsp3) is 0.364. The van der Waals surface area contributed by atoms with Gasteiger partial charge in [0.25, 0.3) is 0 Å². The Hall–Kier alpha value is -3.22. The minimum Gasteiger partial charge on any atom is -0.343 e. The molecule has 3 aromatic rings. The van der Waals surface area contributed by atoms with Crippen LogP contribution in [0.15, 0.2) is 42.9 Å². The molecule has 1 amide bonds. The highest BCUT2D eigenvalue weighted by Gasteiger charge is 2.23. The smallest absolute Gasteiger partial charge is 0.219 e. The van der Waals surface area contributed by atoms with Gasteiger partial charge in [-0.1, -0.05) is 0 Å². The molecule has 0 bridgehead atoms. The highest BCUT2D eigenvalue weighted by molar-refractivity contribution is 5.73. The molecule has 1 saturated heterocycles. The van der Waals surface area contributed by atoms with Crippen molar-refractivity contribution < 1.29 is 4.79 Å². The van der Waals surface area contributed by atoms with E-state index in [0.717, 1.165) is 54.4 Å². The first-order valence-corrected chi connectivity index (χ1v) is 9.94. The maximum absolute atomic E-state index is 11.7. The third-order valence-corrected chi connectivity index (χ3v) is 5.43. The average Bonchev–Trinajstić information content (AvgIpc) is 3.14. The van der Waals surface area contributed by atoms with E-state index < -0.39 is 0 Å². The number of anilines is 2. The van der Waals surface area contributed by atoms with Gasteiger partial charge in [-0.15, -0.1) is 0 Å². The number of aryl methyl sites for hydroxylation is 2. The number of nitrogens with one attached hydrogen (secondary N) is 1. The Morgan fingerprint density at radius 3 is 2.62 bits per heavy atom. The molecule has 1 fully saturated rings. The van der Waals surface area contributed by atoms with E-state index in [-0.39, 0.29) is 5.91 Å². The minimum atomic E-state index is 0.155. The van der Waals surface area contributed by atoms with Crippen molar-refractivity contribution in [3.8, 4) is 11.3 Å². The molecule has 0 spiro atoms. The van der Waals surface area contributed by atoms with Crippen molar-refractivity contribution in [1.82, 2.24) is 24.6 Å². The van der Waals surface area contributed by atoms with Crippen molar-refractivity contribution in [3.05, 3.63) is 54.0 Å². The monoisotopic (exact) mass is 390 g/mol. The number of carbonyl (C=O) groups is 1. The summed E-state index contributed by atoms with van der Waals surface area (Å²) in [7, 11) is 1.90. The molecule has 1 aliphatic rings. The fourth-order valence-electron chi connectivity index (χ4n) is 3.82. The minimum absolute atomic E-state index is 0.155. The van der Waals surface area contributed by atoms with Crippen LogP contribution >= 0.6 is 0 Å². The van der Waals surface area contributed by atoms with Crippen LogP contribution in [0.3, 0.4) is 0 Å². The Bertz CT molecular complexity index is 1020. The number of hydrogen-bond donors (Lipinski definition) is 1. The highest BCUT2D eigenvalue weighted by Crippen LogP contribution is 2.32. The Morgan fingerprint density at radius 2 is 1.97 bits per heavy atom. The van der Waals surface area contributed by atoms with Crippen molar-refractivity contribution in [1.29, 1.82) is 0 Å². The molecule has 3 aromatic heterocycles. The summed E-state index contributed by atoms with van der Waals surface area (Å²) >= 11 is 0. The van der Waals surface area contributed by atoms with Crippen LogP contribution in [0.1, 0.15) is 36.8 Å². The van der Waals surface area contributed by atoms with E-state index in [9.17, 15) is 4.79 Å². The van der Waals surface area contributed by atoms with Gasteiger partial charge in [0, 0.05) is 45.0 Å². The topological polar surface area (TPSA) is 75.9 Å². The van der Waals surface area contributed by atoms with Crippen LogP contribution in [0.4, 0.5) is 11.6 Å². The van der Waals surface area contributed by atoms with Gasteiger partial charge in [0.2, 0.25) is 5.91 Å². The summed E-state index contributed by atoms with van der Waals surface area (Å²) in [6.07, 6.45) is 7.51. The van der Waals surface area contributed by atoms with E-state index in [1.54, 1.807) is 17.8 Å².